The number of rotatable bonds is 3. The van der Waals surface area contributed by atoms with Gasteiger partial charge in [-0.05, 0) is 26.0 Å². The van der Waals surface area contributed by atoms with Crippen molar-refractivity contribution in [3.05, 3.63) is 47.0 Å². The zero-order chi connectivity index (χ0) is 15.9. The number of aryl methyl sites for hydroxylation is 3. The first-order valence-electron chi connectivity index (χ1n) is 7.17. The normalized spacial score (nSPS) is 11.1. The molecule has 6 heteroatoms. The highest BCUT2D eigenvalue weighted by Crippen LogP contribution is 2.15. The average Bonchev–Trinajstić information content (AvgIpc) is 2.94. The van der Waals surface area contributed by atoms with Crippen LogP contribution in [0.25, 0.3) is 11.0 Å². The summed E-state index contributed by atoms with van der Waals surface area (Å²) < 4.78 is 3.72. The van der Waals surface area contributed by atoms with E-state index in [1.165, 1.54) is 0 Å². The molecule has 1 amide bonds. The van der Waals surface area contributed by atoms with Crippen molar-refractivity contribution < 1.29 is 4.79 Å². The first-order valence-corrected chi connectivity index (χ1v) is 7.17. The number of fused-ring (bicyclic) bond motifs is 1. The maximum atomic E-state index is 12.4. The zero-order valence-electron chi connectivity index (χ0n) is 13.2. The van der Waals surface area contributed by atoms with Gasteiger partial charge >= 0.3 is 0 Å². The van der Waals surface area contributed by atoms with E-state index in [0.717, 1.165) is 28.2 Å². The summed E-state index contributed by atoms with van der Waals surface area (Å²) in [5, 5.41) is 7.21. The third-order valence-corrected chi connectivity index (χ3v) is 4.02. The number of nitrogens with zero attached hydrogens (tertiary/aromatic N) is 4. The quantitative estimate of drug-likeness (QED) is 0.802. The second-order valence-corrected chi connectivity index (χ2v) is 5.43. The highest BCUT2D eigenvalue weighted by Gasteiger charge is 2.17. The molecule has 0 fully saturated rings. The van der Waals surface area contributed by atoms with E-state index in [1.807, 2.05) is 56.8 Å². The Labute approximate surface area is 128 Å². The third kappa shape index (κ3) is 2.26. The Morgan fingerprint density at radius 2 is 1.95 bits per heavy atom. The molecule has 0 bridgehead atoms. The lowest BCUT2D eigenvalue weighted by atomic mass is 10.2. The van der Waals surface area contributed by atoms with Gasteiger partial charge in [-0.1, -0.05) is 12.1 Å². The minimum atomic E-state index is -0.116. The van der Waals surface area contributed by atoms with Gasteiger partial charge in [-0.3, -0.25) is 9.48 Å². The summed E-state index contributed by atoms with van der Waals surface area (Å²) in [6.45, 7) is 4.12. The topological polar surface area (TPSA) is 64.7 Å². The summed E-state index contributed by atoms with van der Waals surface area (Å²) in [5.41, 5.74) is 4.23. The summed E-state index contributed by atoms with van der Waals surface area (Å²) >= 11 is 0. The van der Waals surface area contributed by atoms with Crippen molar-refractivity contribution in [3.8, 4) is 0 Å². The molecular weight excluding hydrogens is 278 g/mol. The number of hydrogen-bond donors (Lipinski definition) is 1. The summed E-state index contributed by atoms with van der Waals surface area (Å²) in [7, 11) is 3.79. The van der Waals surface area contributed by atoms with Crippen molar-refractivity contribution in [1.29, 1.82) is 0 Å². The van der Waals surface area contributed by atoms with Gasteiger partial charge in [0.2, 0.25) is 0 Å². The number of carbonyl (C=O) groups excluding carboxylic acids is 1. The molecule has 0 spiro atoms. The SMILES string of the molecule is Cc1nn(C)c(C)c1C(=O)NCc1nc2ccccc2n1C. The van der Waals surface area contributed by atoms with Crippen LogP contribution in [0.1, 0.15) is 27.6 Å². The molecule has 0 saturated heterocycles. The van der Waals surface area contributed by atoms with Crippen LogP contribution in [0.5, 0.6) is 0 Å². The van der Waals surface area contributed by atoms with E-state index in [9.17, 15) is 4.79 Å². The molecule has 2 aromatic heterocycles. The standard InChI is InChI=1S/C16H19N5O/c1-10-15(11(2)21(4)19-10)16(22)17-9-14-18-12-7-5-6-8-13(12)20(14)3/h5-8H,9H2,1-4H3,(H,17,22). The monoisotopic (exact) mass is 297 g/mol. The first-order chi connectivity index (χ1) is 10.5. The number of carbonyl (C=O) groups is 1. The highest BCUT2D eigenvalue weighted by molar-refractivity contribution is 5.96. The maximum Gasteiger partial charge on any atom is 0.255 e. The van der Waals surface area contributed by atoms with Crippen molar-refractivity contribution in [2.45, 2.75) is 20.4 Å². The van der Waals surface area contributed by atoms with Gasteiger partial charge in [-0.2, -0.15) is 5.10 Å². The molecule has 0 saturated carbocycles. The van der Waals surface area contributed by atoms with E-state index < -0.39 is 0 Å². The molecule has 0 aliphatic heterocycles. The van der Waals surface area contributed by atoms with Gasteiger partial charge in [0, 0.05) is 19.8 Å². The van der Waals surface area contributed by atoms with Crippen LogP contribution < -0.4 is 5.32 Å². The largest absolute Gasteiger partial charge is 0.345 e. The number of hydrogen-bond acceptors (Lipinski definition) is 3. The molecule has 114 valence electrons. The van der Waals surface area contributed by atoms with Crippen LogP contribution >= 0.6 is 0 Å². The van der Waals surface area contributed by atoms with E-state index >= 15 is 0 Å². The molecule has 1 N–H and O–H groups in total. The highest BCUT2D eigenvalue weighted by atomic mass is 16.1. The van der Waals surface area contributed by atoms with E-state index in [1.54, 1.807) is 4.68 Å². The molecule has 0 atom stereocenters. The van der Waals surface area contributed by atoms with Crippen LogP contribution in [0.4, 0.5) is 0 Å². The zero-order valence-corrected chi connectivity index (χ0v) is 13.2. The van der Waals surface area contributed by atoms with Crippen LogP contribution in [-0.2, 0) is 20.6 Å². The van der Waals surface area contributed by atoms with Crippen molar-refractivity contribution in [2.75, 3.05) is 0 Å². The van der Waals surface area contributed by atoms with Crippen LogP contribution in [0.15, 0.2) is 24.3 Å². The fraction of sp³-hybridized carbons (Fsp3) is 0.312. The Balaban J connectivity index is 1.82. The van der Waals surface area contributed by atoms with Crippen LogP contribution in [-0.4, -0.2) is 25.2 Å². The number of para-hydroxylation sites is 2. The number of imidazole rings is 1. The lowest BCUT2D eigenvalue weighted by Crippen LogP contribution is -2.25. The van der Waals surface area contributed by atoms with E-state index in [4.69, 9.17) is 0 Å². The van der Waals surface area contributed by atoms with E-state index in [2.05, 4.69) is 15.4 Å². The summed E-state index contributed by atoms with van der Waals surface area (Å²) in [6.07, 6.45) is 0. The number of nitrogens with one attached hydrogen (secondary N) is 1. The third-order valence-electron chi connectivity index (χ3n) is 4.02. The fourth-order valence-corrected chi connectivity index (χ4v) is 2.70. The van der Waals surface area contributed by atoms with Crippen LogP contribution in [0.2, 0.25) is 0 Å². The van der Waals surface area contributed by atoms with Gasteiger partial charge in [-0.15, -0.1) is 0 Å². The van der Waals surface area contributed by atoms with Gasteiger partial charge in [-0.25, -0.2) is 4.98 Å². The van der Waals surface area contributed by atoms with Gasteiger partial charge < -0.3 is 9.88 Å². The lowest BCUT2D eigenvalue weighted by Gasteiger charge is -2.06. The molecule has 2 heterocycles. The van der Waals surface area contributed by atoms with Gasteiger partial charge in [0.1, 0.15) is 5.82 Å². The molecule has 6 nitrogen and oxygen atoms in total. The Morgan fingerprint density at radius 1 is 1.23 bits per heavy atom. The Bertz CT molecular complexity index is 859. The van der Waals surface area contributed by atoms with Crippen LogP contribution in [0.3, 0.4) is 0 Å². The van der Waals surface area contributed by atoms with E-state index in [-0.39, 0.29) is 5.91 Å². The number of amides is 1. The fourth-order valence-electron chi connectivity index (χ4n) is 2.70. The van der Waals surface area contributed by atoms with Crippen molar-refractivity contribution in [2.24, 2.45) is 14.1 Å². The number of benzene rings is 1. The maximum absolute atomic E-state index is 12.4. The minimum Gasteiger partial charge on any atom is -0.345 e. The minimum absolute atomic E-state index is 0.116. The molecule has 3 rings (SSSR count). The summed E-state index contributed by atoms with van der Waals surface area (Å²) in [5.74, 6) is 0.712. The molecule has 0 radical (unpaired) electrons. The molecule has 0 aliphatic carbocycles. The Morgan fingerprint density at radius 3 is 2.59 bits per heavy atom. The summed E-state index contributed by atoms with van der Waals surface area (Å²) in [6, 6.07) is 7.92. The Hall–Kier alpha value is -2.63. The van der Waals surface area contributed by atoms with E-state index in [0.29, 0.717) is 12.1 Å². The summed E-state index contributed by atoms with van der Waals surface area (Å²) in [4.78, 5) is 17.0. The molecule has 1 aromatic carbocycles. The predicted octanol–water partition coefficient (Wildman–Crippen LogP) is 1.85. The van der Waals surface area contributed by atoms with Crippen molar-refractivity contribution in [3.63, 3.8) is 0 Å². The smallest absolute Gasteiger partial charge is 0.255 e. The second-order valence-electron chi connectivity index (χ2n) is 5.43. The van der Waals surface area contributed by atoms with Crippen LogP contribution in [0, 0.1) is 13.8 Å². The number of aromatic nitrogens is 4. The van der Waals surface area contributed by atoms with Gasteiger partial charge in [0.25, 0.3) is 5.91 Å². The predicted molar refractivity (Wildman–Crippen MR) is 84.6 cm³/mol. The second kappa shape index (κ2) is 5.29. The van der Waals surface area contributed by atoms with Gasteiger partial charge in [0.15, 0.2) is 0 Å². The van der Waals surface area contributed by atoms with Crippen molar-refractivity contribution in [1.82, 2.24) is 24.6 Å². The molecular formula is C16H19N5O. The first kappa shape index (κ1) is 14.3. The lowest BCUT2D eigenvalue weighted by molar-refractivity contribution is 0.0948. The molecule has 22 heavy (non-hydrogen) atoms. The van der Waals surface area contributed by atoms with Crippen molar-refractivity contribution >= 4 is 16.9 Å². The molecule has 3 aromatic rings. The average molecular weight is 297 g/mol. The molecule has 0 unspecified atom stereocenters. The van der Waals surface area contributed by atoms with Gasteiger partial charge in [0.05, 0.1) is 28.8 Å². The Kier molecular flexibility index (Phi) is 3.44. The molecule has 0 aliphatic rings.